The summed E-state index contributed by atoms with van der Waals surface area (Å²) in [6.07, 6.45) is 5.81. The van der Waals surface area contributed by atoms with Crippen LogP contribution < -0.4 is 50.8 Å². The zero-order valence-corrected chi connectivity index (χ0v) is 76.8. The molecule has 22 nitrogen and oxygen atoms in total. The molecule has 7 N–H and O–H groups in total. The summed E-state index contributed by atoms with van der Waals surface area (Å²) in [4.78, 5) is 80.4. The van der Waals surface area contributed by atoms with Crippen LogP contribution in [0.2, 0.25) is 0 Å². The Kier molecular flexibility index (Phi) is 38.7. The van der Waals surface area contributed by atoms with Gasteiger partial charge in [0.05, 0.1) is 96.9 Å². The van der Waals surface area contributed by atoms with Gasteiger partial charge in [-0.1, -0.05) is 88.7 Å². The molecule has 4 aromatic carbocycles. The molecule has 0 radical (unpaired) electrons. The molecule has 4 unspecified atom stereocenters. The number of fused-ring (bicyclic) bond motifs is 4. The van der Waals surface area contributed by atoms with E-state index in [1.165, 1.54) is 24.3 Å². The topological polar surface area (TPSA) is 292 Å². The fourth-order valence-electron chi connectivity index (χ4n) is 14.4. The number of H-pyrrole nitrogens is 2. The van der Waals surface area contributed by atoms with Crippen LogP contribution in [0.4, 0.5) is 17.6 Å². The molecule has 14 rings (SSSR count). The molecule has 0 saturated carbocycles. The number of aromatic nitrogens is 6. The van der Waals surface area contributed by atoms with Crippen molar-refractivity contribution in [3.8, 4) is 0 Å². The molecule has 654 valence electrons. The van der Waals surface area contributed by atoms with E-state index in [0.29, 0.717) is 80.7 Å². The van der Waals surface area contributed by atoms with Crippen molar-refractivity contribution < 1.29 is 106 Å². The molecular weight excluding hydrogens is 1700 g/mol. The second kappa shape index (κ2) is 47.9. The Bertz CT molecular complexity index is 6180. The first kappa shape index (κ1) is 101. The molecule has 4 atom stereocenters. The number of benzene rings is 4. The first-order valence-corrected chi connectivity index (χ1v) is 41.4. The molecule has 14 aromatic rings. The van der Waals surface area contributed by atoms with Crippen molar-refractivity contribution in [3.05, 3.63) is 374 Å². The average molecular weight is 1810 g/mol. The number of carbonyl (C=O) groups excluding carboxylic acids is 3. The van der Waals surface area contributed by atoms with Crippen molar-refractivity contribution in [2.45, 2.75) is 160 Å². The van der Waals surface area contributed by atoms with Gasteiger partial charge in [0, 0.05) is 110 Å². The Morgan fingerprint density at radius 3 is 1.06 bits per heavy atom. The summed E-state index contributed by atoms with van der Waals surface area (Å²) in [5.41, 5.74) is 17.8. The van der Waals surface area contributed by atoms with E-state index in [2.05, 4.69) is 36.1 Å². The monoisotopic (exact) mass is 1800 g/mol. The maximum Gasteiger partial charge on any atom is 1.00 e. The number of esters is 2. The maximum atomic E-state index is 14.0. The number of rotatable bonds is 24. The molecule has 0 spiro atoms. The molecule has 10 heterocycles. The third-order valence-electron chi connectivity index (χ3n) is 20.6. The number of ether oxygens (including phenoxy) is 5. The van der Waals surface area contributed by atoms with Crippen LogP contribution in [-0.2, 0) is 61.9 Å². The number of aliphatic hydroxyl groups is 1. The number of carboxylic acid groups (broad SMARTS) is 1. The number of aromatic carboxylic acids is 1. The number of hydrogen-bond acceptors (Lipinski definition) is 14. The summed E-state index contributed by atoms with van der Waals surface area (Å²) < 4.78 is 89.9. The molecule has 0 fully saturated rings. The van der Waals surface area contributed by atoms with Gasteiger partial charge in [-0.2, -0.15) is 0 Å². The Balaban J connectivity index is 0.000000214. The first-order chi connectivity index (χ1) is 58.8. The van der Waals surface area contributed by atoms with Crippen LogP contribution >= 0.6 is 27.7 Å². The minimum Gasteiger partial charge on any atom is -0.870 e. The Morgan fingerprint density at radius 1 is 0.448 bits per heavy atom. The maximum absolute atomic E-state index is 14.0. The largest absolute Gasteiger partial charge is 1.00 e. The molecule has 125 heavy (non-hydrogen) atoms. The predicted octanol–water partition coefficient (Wildman–Crippen LogP) is 17.4. The molecule has 0 aliphatic carbocycles. The summed E-state index contributed by atoms with van der Waals surface area (Å²) in [5.74, 6) is -3.00. The van der Waals surface area contributed by atoms with E-state index in [9.17, 15) is 56.5 Å². The number of aryl methyl sites for hydroxylation is 4. The van der Waals surface area contributed by atoms with E-state index >= 15 is 0 Å². The van der Waals surface area contributed by atoms with Gasteiger partial charge < -0.3 is 72.3 Å². The van der Waals surface area contributed by atoms with Crippen molar-refractivity contribution in [2.24, 2.45) is 0 Å². The van der Waals surface area contributed by atoms with Crippen LogP contribution in [0.3, 0.4) is 0 Å². The van der Waals surface area contributed by atoms with Crippen molar-refractivity contribution in [1.29, 1.82) is 0 Å². The first-order valence-electron chi connectivity index (χ1n) is 39.9. The van der Waals surface area contributed by atoms with Gasteiger partial charge >= 0.3 is 47.5 Å². The minimum atomic E-state index is -0.973. The number of pyridine rings is 6. The third-order valence-corrected chi connectivity index (χ3v) is 21.3. The summed E-state index contributed by atoms with van der Waals surface area (Å²) in [5, 5.41) is 22.8. The van der Waals surface area contributed by atoms with Crippen LogP contribution in [0.25, 0.3) is 22.1 Å². The number of aliphatic hydroxyl groups excluding tert-OH is 1. The molecule has 0 bridgehead atoms. The third kappa shape index (κ3) is 25.8. The van der Waals surface area contributed by atoms with Crippen molar-refractivity contribution in [2.75, 3.05) is 13.2 Å². The van der Waals surface area contributed by atoms with E-state index in [-0.39, 0.29) is 131 Å². The average Bonchev–Trinajstić information content (AvgIpc) is 1.73. The normalized spacial score (nSPS) is 11.8. The Morgan fingerprint density at radius 2 is 0.752 bits per heavy atom. The summed E-state index contributed by atoms with van der Waals surface area (Å²) in [6, 6.07) is 52.3. The smallest absolute Gasteiger partial charge is 0.870 e. The number of nitrogens with zero attached hydrogens (tertiary/aromatic N) is 4. The van der Waals surface area contributed by atoms with E-state index in [4.69, 9.17) is 35.5 Å². The molecule has 10 aromatic heterocycles. The van der Waals surface area contributed by atoms with Gasteiger partial charge in [0.1, 0.15) is 23.3 Å². The molecule has 0 saturated heterocycles. The van der Waals surface area contributed by atoms with E-state index in [0.717, 1.165) is 84.0 Å². The van der Waals surface area contributed by atoms with Crippen molar-refractivity contribution >= 4 is 73.6 Å². The summed E-state index contributed by atoms with van der Waals surface area (Å²) in [6.45, 7) is 27.2. The van der Waals surface area contributed by atoms with Gasteiger partial charge in [-0.05, 0) is 257 Å². The minimum absolute atomic E-state index is 0. The van der Waals surface area contributed by atoms with E-state index < -0.39 is 18.2 Å². The van der Waals surface area contributed by atoms with Crippen LogP contribution in [0.15, 0.2) is 216 Å². The number of nitrogens with one attached hydrogen (secondary N) is 4. The van der Waals surface area contributed by atoms with E-state index in [1.807, 2.05) is 190 Å². The van der Waals surface area contributed by atoms with Gasteiger partial charge in [0.2, 0.25) is 0 Å². The second-order valence-corrected chi connectivity index (χ2v) is 30.0. The fraction of sp³-hybridized carbons (Fsp3) is 0.271. The van der Waals surface area contributed by atoms with Gasteiger partial charge in [-0.25, -0.2) is 36.8 Å². The van der Waals surface area contributed by atoms with Crippen LogP contribution in [0.5, 0.6) is 0 Å². The Labute approximate surface area is 758 Å². The number of carboxylic acids is 1. The number of halogens is 6. The van der Waals surface area contributed by atoms with Gasteiger partial charge in [0.25, 0.3) is 17.0 Å². The standard InChI is InChI=1S/C27H28FN3O3.C21H22FNO3.C19H18FNO3.C14H17NO3.C8H11ClN2O.C7H6BrF.Na.H2O/c1-16-12-17(2)30-27(33)23(16)14-29-26(32)22-13-21-9-7-11-31(21)25(18(22)3)19(4)34-15-20-8-5-6-10-24(20)28;1-4-25-21(24)18-12-17-9-7-11-23(17)20(14(18)2)15(3)26-13-16-8-5-6-10-19(16)22;1-12-16(19(22)23)10-15-7-5-9-21(15)18(12)13(2)24-11-14-6-3-4-8-17(14)20;1-4-18-14(17)12-8-11-6-5-7-15(11)13(9(12)2)10(3)16;1-5-3-6(2)11-8(12)7(5)4-10-9;8-5-6-3-1-2-4-7(6)9;;/h5-13,19H,14-15H2,1-4H3,(H,29,32)(H,30,33);5-12,15H,4,13H2,1-3H3;3-10,13H,11H2,1-2H3,(H,22,23);5-8,10,16H,4H2,1-3H3;3,10H,4H2,1-2H3,(H,11,12);1-4H,5H2;;1H2/q;;;;;;+1;/p-1. The predicted molar refractivity (Wildman–Crippen MR) is 475 cm³/mol. The summed E-state index contributed by atoms with van der Waals surface area (Å²) >= 11 is 8.49. The molecule has 29 heteroatoms. The quantitative estimate of drug-likeness (QED) is 0.0108. The molecule has 0 aliphatic heterocycles. The van der Waals surface area contributed by atoms with Crippen LogP contribution in [-0.4, -0.2) is 80.3 Å². The Hall–Kier alpha value is -11.1. The molecule has 1 amide bonds. The number of aromatic amines is 2. The van der Waals surface area contributed by atoms with E-state index in [1.54, 1.807) is 107 Å². The van der Waals surface area contributed by atoms with Gasteiger partial charge in [-0.3, -0.25) is 14.4 Å². The second-order valence-electron chi connectivity index (χ2n) is 29.1. The number of carbonyl (C=O) groups is 4. The van der Waals surface area contributed by atoms with Crippen LogP contribution in [0.1, 0.15) is 208 Å². The fourth-order valence-corrected chi connectivity index (χ4v) is 15.0. The number of amides is 1. The summed E-state index contributed by atoms with van der Waals surface area (Å²) in [7, 11) is 0. The number of hydrogen-bond donors (Lipinski definition) is 6. The SMILES string of the molecule is CCOC(=O)c1cc2cccn2c(C(C)O)c1C.CCOC(=O)c1cc2cccn2c(C(C)OCc2ccccc2F)c1C.Cc1c(C(=O)O)cc2cccn2c1C(C)OCc1ccccc1F.Cc1cc(C)c(CNC(=O)c2cc3cccn3c(C(C)OCc3ccccc3F)c2C)c(=O)[nH]1.Cc1cc(C)c(CNCl)c(=O)[nH]1.Fc1ccccc1CBr.[Na+].[OH-]. The van der Waals surface area contributed by atoms with Crippen molar-refractivity contribution in [3.63, 3.8) is 0 Å². The molecular formula is C96H103BrClF4N8NaO14. The van der Waals surface area contributed by atoms with Crippen molar-refractivity contribution in [1.82, 2.24) is 37.7 Å². The molecule has 0 aliphatic rings. The number of alkyl halides is 1. The zero-order valence-electron chi connectivity index (χ0n) is 72.5. The van der Waals surface area contributed by atoms with Gasteiger partial charge in [0.15, 0.2) is 0 Å². The van der Waals surface area contributed by atoms with Gasteiger partial charge in [-0.15, -0.1) is 0 Å². The van der Waals surface area contributed by atoms with Crippen LogP contribution in [0, 0.1) is 78.7 Å². The zero-order chi connectivity index (χ0) is 89.5.